The second-order valence-electron chi connectivity index (χ2n) is 4.67. The normalized spacial score (nSPS) is 13.7. The van der Waals surface area contributed by atoms with Gasteiger partial charge in [-0.15, -0.1) is 0 Å². The van der Waals surface area contributed by atoms with E-state index in [0.717, 1.165) is 4.31 Å². The zero-order valence-electron chi connectivity index (χ0n) is 11.7. The van der Waals surface area contributed by atoms with Crippen molar-refractivity contribution in [1.29, 1.82) is 0 Å². The Morgan fingerprint density at radius 1 is 1.25 bits per heavy atom. The molecule has 0 saturated carbocycles. The highest BCUT2D eigenvalue weighted by Gasteiger charge is 2.41. The molecular formula is C10H21F4N3O2S. The minimum Gasteiger partial charge on any atom is -0.314 e. The molecular weight excluding hydrogens is 302 g/mol. The van der Waals surface area contributed by atoms with E-state index in [1.54, 1.807) is 0 Å². The molecule has 10 heteroatoms. The van der Waals surface area contributed by atoms with Gasteiger partial charge in [-0.05, 0) is 13.0 Å². The lowest BCUT2D eigenvalue weighted by molar-refractivity contribution is -0.122. The van der Waals surface area contributed by atoms with Gasteiger partial charge in [0, 0.05) is 19.6 Å². The van der Waals surface area contributed by atoms with Crippen molar-refractivity contribution in [2.24, 2.45) is 0 Å². The molecule has 0 aromatic carbocycles. The Morgan fingerprint density at radius 2 is 1.80 bits per heavy atom. The van der Waals surface area contributed by atoms with Gasteiger partial charge in [0.25, 0.3) is 10.2 Å². The predicted molar refractivity (Wildman–Crippen MR) is 68.3 cm³/mol. The summed E-state index contributed by atoms with van der Waals surface area (Å²) in [5.74, 6) is -4.38. The van der Waals surface area contributed by atoms with Gasteiger partial charge in [-0.2, -0.15) is 26.2 Å². The molecule has 0 heterocycles. The van der Waals surface area contributed by atoms with Crippen molar-refractivity contribution in [2.45, 2.75) is 38.7 Å². The summed E-state index contributed by atoms with van der Waals surface area (Å²) < 4.78 is 74.5. The molecule has 20 heavy (non-hydrogen) atoms. The molecule has 0 atom stereocenters. The van der Waals surface area contributed by atoms with Crippen LogP contribution in [0.25, 0.3) is 0 Å². The topological polar surface area (TPSA) is 61.4 Å². The summed E-state index contributed by atoms with van der Waals surface area (Å²) in [6.07, 6.45) is -3.44. The SMILES string of the molecule is CC(C)NCCCN(C)S(=O)(=O)NCC(F)(F)C(F)F. The van der Waals surface area contributed by atoms with Crippen LogP contribution in [0.15, 0.2) is 0 Å². The van der Waals surface area contributed by atoms with Gasteiger partial charge in [0.05, 0.1) is 6.54 Å². The average Bonchev–Trinajstić information content (AvgIpc) is 2.31. The Bertz CT molecular complexity index is 377. The molecule has 0 aliphatic carbocycles. The van der Waals surface area contributed by atoms with Crippen LogP contribution in [0, 0.1) is 0 Å². The molecule has 0 aromatic rings. The first kappa shape index (κ1) is 19.6. The van der Waals surface area contributed by atoms with Crippen LogP contribution in [-0.2, 0) is 10.2 Å². The van der Waals surface area contributed by atoms with Crippen LogP contribution in [0.5, 0.6) is 0 Å². The van der Waals surface area contributed by atoms with Crippen LogP contribution in [0.3, 0.4) is 0 Å². The summed E-state index contributed by atoms with van der Waals surface area (Å²) in [6, 6.07) is 0.250. The fourth-order valence-electron chi connectivity index (χ4n) is 1.19. The van der Waals surface area contributed by atoms with Crippen molar-refractivity contribution in [2.75, 3.05) is 26.7 Å². The molecule has 2 N–H and O–H groups in total. The van der Waals surface area contributed by atoms with E-state index < -0.39 is 29.1 Å². The fourth-order valence-corrected chi connectivity index (χ4v) is 2.15. The Kier molecular flexibility index (Phi) is 7.92. The highest BCUT2D eigenvalue weighted by Crippen LogP contribution is 2.21. The molecule has 122 valence electrons. The summed E-state index contributed by atoms with van der Waals surface area (Å²) in [7, 11) is -2.99. The number of nitrogens with one attached hydrogen (secondary N) is 2. The zero-order valence-corrected chi connectivity index (χ0v) is 12.5. The number of hydrogen-bond donors (Lipinski definition) is 2. The van der Waals surface area contributed by atoms with Crippen LogP contribution in [-0.4, -0.2) is 57.8 Å². The molecule has 0 rings (SSSR count). The van der Waals surface area contributed by atoms with Gasteiger partial charge in [0.1, 0.15) is 0 Å². The standard InChI is InChI=1S/C10H21F4N3O2S/c1-8(2)15-5-4-6-17(3)20(18,19)16-7-10(13,14)9(11)12/h8-9,15-16H,4-7H2,1-3H3. The monoisotopic (exact) mass is 323 g/mol. The molecule has 0 unspecified atom stereocenters. The van der Waals surface area contributed by atoms with Gasteiger partial charge in [0.2, 0.25) is 0 Å². The smallest absolute Gasteiger partial charge is 0.314 e. The minimum absolute atomic E-state index is 0.0926. The number of halogens is 4. The van der Waals surface area contributed by atoms with E-state index in [2.05, 4.69) is 5.32 Å². The summed E-state index contributed by atoms with van der Waals surface area (Å²) in [4.78, 5) is 0. The maximum absolute atomic E-state index is 12.6. The summed E-state index contributed by atoms with van der Waals surface area (Å²) >= 11 is 0. The second-order valence-corrected chi connectivity index (χ2v) is 6.53. The number of nitrogens with zero attached hydrogens (tertiary/aromatic N) is 1. The van der Waals surface area contributed by atoms with Gasteiger partial charge in [-0.25, -0.2) is 8.78 Å². The number of alkyl halides is 4. The lowest BCUT2D eigenvalue weighted by Crippen LogP contribution is -2.46. The molecule has 0 fully saturated rings. The van der Waals surface area contributed by atoms with Gasteiger partial charge >= 0.3 is 12.3 Å². The third-order valence-corrected chi connectivity index (χ3v) is 3.93. The van der Waals surface area contributed by atoms with Gasteiger partial charge < -0.3 is 5.32 Å². The number of hydrogen-bond acceptors (Lipinski definition) is 3. The van der Waals surface area contributed by atoms with E-state index >= 15 is 0 Å². The molecule has 0 aliphatic rings. The van der Waals surface area contributed by atoms with Crippen molar-refractivity contribution in [3.05, 3.63) is 0 Å². The van der Waals surface area contributed by atoms with Crippen molar-refractivity contribution in [1.82, 2.24) is 14.3 Å². The van der Waals surface area contributed by atoms with Crippen molar-refractivity contribution in [3.8, 4) is 0 Å². The molecule has 0 radical (unpaired) electrons. The molecule has 0 aliphatic heterocycles. The van der Waals surface area contributed by atoms with E-state index in [0.29, 0.717) is 13.0 Å². The third kappa shape index (κ3) is 7.36. The molecule has 5 nitrogen and oxygen atoms in total. The lowest BCUT2D eigenvalue weighted by atomic mass is 10.3. The van der Waals surface area contributed by atoms with Crippen LogP contribution in [0.4, 0.5) is 17.6 Å². The molecule has 0 spiro atoms. The fraction of sp³-hybridized carbons (Fsp3) is 1.00. The first-order valence-electron chi connectivity index (χ1n) is 6.09. The highest BCUT2D eigenvalue weighted by molar-refractivity contribution is 7.87. The molecule has 0 saturated heterocycles. The number of rotatable bonds is 10. The van der Waals surface area contributed by atoms with E-state index in [1.807, 2.05) is 13.8 Å². The Balaban J connectivity index is 4.22. The largest absolute Gasteiger partial charge is 0.320 e. The quantitative estimate of drug-likeness (QED) is 0.466. The van der Waals surface area contributed by atoms with E-state index in [-0.39, 0.29) is 12.6 Å². The third-order valence-electron chi connectivity index (χ3n) is 2.42. The summed E-state index contributed by atoms with van der Waals surface area (Å²) in [5.41, 5.74) is 0. The van der Waals surface area contributed by atoms with Gasteiger partial charge in [0.15, 0.2) is 0 Å². The maximum Gasteiger partial charge on any atom is 0.320 e. The first-order valence-corrected chi connectivity index (χ1v) is 7.53. The second kappa shape index (κ2) is 8.11. The van der Waals surface area contributed by atoms with Crippen LogP contribution in [0.1, 0.15) is 20.3 Å². The molecule has 0 amide bonds. The van der Waals surface area contributed by atoms with Gasteiger partial charge in [-0.1, -0.05) is 13.8 Å². The Hall–Kier alpha value is -0.450. The van der Waals surface area contributed by atoms with Crippen LogP contribution in [0.2, 0.25) is 0 Å². The summed E-state index contributed by atoms with van der Waals surface area (Å²) in [5, 5.41) is 3.06. The van der Waals surface area contributed by atoms with E-state index in [9.17, 15) is 26.0 Å². The summed E-state index contributed by atoms with van der Waals surface area (Å²) in [6.45, 7) is 2.88. The van der Waals surface area contributed by atoms with Crippen molar-refractivity contribution >= 4 is 10.2 Å². The first-order chi connectivity index (χ1) is 8.99. The van der Waals surface area contributed by atoms with Crippen LogP contribution >= 0.6 is 0 Å². The van der Waals surface area contributed by atoms with Gasteiger partial charge in [-0.3, -0.25) is 0 Å². The van der Waals surface area contributed by atoms with Crippen molar-refractivity contribution < 1.29 is 26.0 Å². The maximum atomic E-state index is 12.6. The molecule has 0 bridgehead atoms. The van der Waals surface area contributed by atoms with E-state index in [4.69, 9.17) is 0 Å². The van der Waals surface area contributed by atoms with E-state index in [1.165, 1.54) is 11.8 Å². The highest BCUT2D eigenvalue weighted by atomic mass is 32.2. The minimum atomic E-state index is -4.38. The average molecular weight is 323 g/mol. The Labute approximate surface area is 116 Å². The predicted octanol–water partition coefficient (Wildman–Crippen LogP) is 1.04. The van der Waals surface area contributed by atoms with Crippen LogP contribution < -0.4 is 10.0 Å². The molecule has 0 aromatic heterocycles. The zero-order chi connectivity index (χ0) is 16.0. The Morgan fingerprint density at radius 3 is 2.25 bits per heavy atom. The van der Waals surface area contributed by atoms with Crippen molar-refractivity contribution in [3.63, 3.8) is 0 Å². The lowest BCUT2D eigenvalue weighted by Gasteiger charge is -2.21.